The largest absolute Gasteiger partial charge is 0.354 e. The molecular formula is C26H26N2O3S. The fraction of sp³-hybridized carbons (Fsp3) is 0.192. The van der Waals surface area contributed by atoms with Gasteiger partial charge in [0.2, 0.25) is 5.91 Å². The van der Waals surface area contributed by atoms with Crippen LogP contribution < -0.4 is 5.32 Å². The fourth-order valence-electron chi connectivity index (χ4n) is 3.89. The Hall–Kier alpha value is -3.38. The molecule has 0 spiro atoms. The van der Waals surface area contributed by atoms with Crippen molar-refractivity contribution in [1.82, 2.24) is 9.88 Å². The summed E-state index contributed by atoms with van der Waals surface area (Å²) in [6.45, 7) is 2.54. The van der Waals surface area contributed by atoms with Crippen molar-refractivity contribution < 1.29 is 13.2 Å². The second kappa shape index (κ2) is 9.40. The molecule has 3 aromatic carbocycles. The molecule has 32 heavy (non-hydrogen) atoms. The Morgan fingerprint density at radius 2 is 1.62 bits per heavy atom. The SMILES string of the molecule is Cc1cccc(CS(=O)(=O)c2cn(CC(=O)NCCc3ccccc3)c3ccccc23)c1. The van der Waals surface area contributed by atoms with E-state index < -0.39 is 9.84 Å². The molecule has 0 bridgehead atoms. The van der Waals surface area contributed by atoms with Crippen molar-refractivity contribution in [2.75, 3.05) is 6.54 Å². The number of aryl methyl sites for hydroxylation is 1. The second-order valence-electron chi connectivity index (χ2n) is 7.97. The normalized spacial score (nSPS) is 11.5. The molecule has 0 atom stereocenters. The number of rotatable bonds is 8. The number of hydrogen-bond acceptors (Lipinski definition) is 3. The number of nitrogens with zero attached hydrogens (tertiary/aromatic N) is 1. The number of carbonyl (C=O) groups excluding carboxylic acids is 1. The van der Waals surface area contributed by atoms with Crippen LogP contribution in [0.3, 0.4) is 0 Å². The number of benzene rings is 3. The van der Waals surface area contributed by atoms with Crippen molar-refractivity contribution in [1.29, 1.82) is 0 Å². The van der Waals surface area contributed by atoms with Gasteiger partial charge < -0.3 is 9.88 Å². The van der Waals surface area contributed by atoms with E-state index in [0.29, 0.717) is 11.9 Å². The number of fused-ring (bicyclic) bond motifs is 1. The molecule has 0 unspecified atom stereocenters. The number of para-hydroxylation sites is 1. The van der Waals surface area contributed by atoms with Crippen LogP contribution >= 0.6 is 0 Å². The van der Waals surface area contributed by atoms with Crippen molar-refractivity contribution in [2.45, 2.75) is 30.5 Å². The molecule has 1 amide bonds. The lowest BCUT2D eigenvalue weighted by atomic mass is 10.1. The first-order valence-corrected chi connectivity index (χ1v) is 12.2. The van der Waals surface area contributed by atoms with Crippen LogP contribution in [0.1, 0.15) is 16.7 Å². The Bertz CT molecular complexity index is 1340. The number of nitrogens with one attached hydrogen (secondary N) is 1. The van der Waals surface area contributed by atoms with Crippen LogP contribution in [0.2, 0.25) is 0 Å². The monoisotopic (exact) mass is 446 g/mol. The highest BCUT2D eigenvalue weighted by molar-refractivity contribution is 7.90. The van der Waals surface area contributed by atoms with Crippen LogP contribution in [0, 0.1) is 6.92 Å². The Morgan fingerprint density at radius 1 is 0.906 bits per heavy atom. The Balaban J connectivity index is 1.52. The lowest BCUT2D eigenvalue weighted by Crippen LogP contribution is -2.29. The molecular weight excluding hydrogens is 420 g/mol. The maximum absolute atomic E-state index is 13.2. The minimum absolute atomic E-state index is 0.0648. The summed E-state index contributed by atoms with van der Waals surface area (Å²) in [4.78, 5) is 12.8. The Kier molecular flexibility index (Phi) is 6.42. The number of hydrogen-bond donors (Lipinski definition) is 1. The first-order valence-electron chi connectivity index (χ1n) is 10.6. The van der Waals surface area contributed by atoms with Crippen LogP contribution in [0.15, 0.2) is 90.0 Å². The predicted octanol–water partition coefficient (Wildman–Crippen LogP) is 4.28. The summed E-state index contributed by atoms with van der Waals surface area (Å²) in [6.07, 6.45) is 2.34. The van der Waals surface area contributed by atoms with Crippen LogP contribution in [0.25, 0.3) is 10.9 Å². The minimum atomic E-state index is -3.58. The highest BCUT2D eigenvalue weighted by Gasteiger charge is 2.22. The standard InChI is InChI=1S/C26H26N2O3S/c1-20-8-7-11-22(16-20)19-32(30,31)25-17-28(24-13-6-5-12-23(24)25)18-26(29)27-15-14-21-9-3-2-4-10-21/h2-13,16-17H,14-15,18-19H2,1H3,(H,27,29). The quantitative estimate of drug-likeness (QED) is 0.439. The van der Waals surface area contributed by atoms with E-state index >= 15 is 0 Å². The van der Waals surface area contributed by atoms with E-state index in [1.807, 2.05) is 79.7 Å². The van der Waals surface area contributed by atoms with Gasteiger partial charge in [-0.25, -0.2) is 8.42 Å². The van der Waals surface area contributed by atoms with E-state index in [4.69, 9.17) is 0 Å². The zero-order valence-electron chi connectivity index (χ0n) is 18.0. The van der Waals surface area contributed by atoms with Crippen LogP contribution in [0.4, 0.5) is 0 Å². The third-order valence-electron chi connectivity index (χ3n) is 5.42. The summed E-state index contributed by atoms with van der Waals surface area (Å²) in [6, 6.07) is 24.8. The highest BCUT2D eigenvalue weighted by Crippen LogP contribution is 2.28. The van der Waals surface area contributed by atoms with Crippen LogP contribution in [0.5, 0.6) is 0 Å². The van der Waals surface area contributed by atoms with Crippen molar-refractivity contribution in [2.24, 2.45) is 0 Å². The minimum Gasteiger partial charge on any atom is -0.354 e. The summed E-state index contributed by atoms with van der Waals surface area (Å²) >= 11 is 0. The average molecular weight is 447 g/mol. The summed E-state index contributed by atoms with van der Waals surface area (Å²) in [7, 11) is -3.58. The van der Waals surface area contributed by atoms with Gasteiger partial charge in [0.05, 0.1) is 10.6 Å². The van der Waals surface area contributed by atoms with Crippen molar-refractivity contribution in [3.63, 3.8) is 0 Å². The molecule has 0 radical (unpaired) electrons. The van der Waals surface area contributed by atoms with Crippen LogP contribution in [-0.4, -0.2) is 25.4 Å². The molecule has 4 aromatic rings. The molecule has 0 fully saturated rings. The molecule has 5 nitrogen and oxygen atoms in total. The molecule has 6 heteroatoms. The summed E-state index contributed by atoms with van der Waals surface area (Å²) in [5, 5.41) is 3.57. The van der Waals surface area contributed by atoms with Gasteiger partial charge in [-0.2, -0.15) is 0 Å². The first kappa shape index (κ1) is 21.8. The van der Waals surface area contributed by atoms with Gasteiger partial charge in [-0.3, -0.25) is 4.79 Å². The predicted molar refractivity (Wildman–Crippen MR) is 127 cm³/mol. The molecule has 164 valence electrons. The maximum Gasteiger partial charge on any atom is 0.239 e. The van der Waals surface area contributed by atoms with Gasteiger partial charge in [0.15, 0.2) is 9.84 Å². The van der Waals surface area contributed by atoms with Gasteiger partial charge in [0, 0.05) is 23.6 Å². The first-order chi connectivity index (χ1) is 15.4. The zero-order valence-corrected chi connectivity index (χ0v) is 18.8. The zero-order chi connectivity index (χ0) is 22.6. The molecule has 0 saturated heterocycles. The third-order valence-corrected chi connectivity index (χ3v) is 7.13. The van der Waals surface area contributed by atoms with Crippen molar-refractivity contribution in [3.8, 4) is 0 Å². The number of amides is 1. The van der Waals surface area contributed by atoms with Crippen LogP contribution in [-0.2, 0) is 33.4 Å². The highest BCUT2D eigenvalue weighted by atomic mass is 32.2. The third kappa shape index (κ3) is 5.08. The molecule has 1 heterocycles. The van der Waals surface area contributed by atoms with Gasteiger partial charge in [0.25, 0.3) is 0 Å². The van der Waals surface area contributed by atoms with Gasteiger partial charge in [0.1, 0.15) is 6.54 Å². The van der Waals surface area contributed by atoms with Gasteiger partial charge in [-0.05, 0) is 30.5 Å². The number of aromatic nitrogens is 1. The number of sulfone groups is 1. The molecule has 1 N–H and O–H groups in total. The topological polar surface area (TPSA) is 68.2 Å². The van der Waals surface area contributed by atoms with Gasteiger partial charge >= 0.3 is 0 Å². The molecule has 0 saturated carbocycles. The van der Waals surface area contributed by atoms with Crippen molar-refractivity contribution >= 4 is 26.6 Å². The Morgan fingerprint density at radius 3 is 2.41 bits per heavy atom. The van der Waals surface area contributed by atoms with Gasteiger partial charge in [-0.1, -0.05) is 78.4 Å². The summed E-state index contributed by atoms with van der Waals surface area (Å²) in [5.41, 5.74) is 3.66. The lowest BCUT2D eigenvalue weighted by molar-refractivity contribution is -0.121. The smallest absolute Gasteiger partial charge is 0.239 e. The average Bonchev–Trinajstić information content (AvgIpc) is 3.14. The fourth-order valence-corrected chi connectivity index (χ4v) is 5.46. The second-order valence-corrected chi connectivity index (χ2v) is 9.93. The van der Waals surface area contributed by atoms with E-state index in [-0.39, 0.29) is 23.1 Å². The van der Waals surface area contributed by atoms with E-state index in [1.54, 1.807) is 16.8 Å². The Labute approximate surface area is 188 Å². The van der Waals surface area contributed by atoms with Gasteiger partial charge in [-0.15, -0.1) is 0 Å². The van der Waals surface area contributed by atoms with E-state index in [1.165, 1.54) is 0 Å². The molecule has 0 aliphatic heterocycles. The number of carbonyl (C=O) groups is 1. The van der Waals surface area contributed by atoms with E-state index in [0.717, 1.165) is 28.6 Å². The molecule has 4 rings (SSSR count). The molecule has 0 aliphatic carbocycles. The molecule has 1 aromatic heterocycles. The summed E-state index contributed by atoms with van der Waals surface area (Å²) in [5.74, 6) is -0.226. The maximum atomic E-state index is 13.2. The summed E-state index contributed by atoms with van der Waals surface area (Å²) < 4.78 is 28.2. The van der Waals surface area contributed by atoms with Crippen molar-refractivity contribution in [3.05, 3.63) is 102 Å². The van der Waals surface area contributed by atoms with E-state index in [2.05, 4.69) is 5.32 Å². The molecule has 0 aliphatic rings. The van der Waals surface area contributed by atoms with E-state index in [9.17, 15) is 13.2 Å². The lowest BCUT2D eigenvalue weighted by Gasteiger charge is -2.07.